The van der Waals surface area contributed by atoms with Crippen molar-refractivity contribution in [2.45, 2.75) is 4.21 Å². The van der Waals surface area contributed by atoms with Crippen LogP contribution in [-0.4, -0.2) is 4.55 Å². The normalized spacial score (nSPS) is 9.75. The first kappa shape index (κ1) is 6.61. The molecule has 1 rings (SSSR count). The number of hydrogen-bond donors (Lipinski definition) is 1. The standard InChI is InChI=1S/C4H3BrOS2/c5-3-1-2-4(7-3)8-6/h1-2,6H. The molecule has 0 saturated heterocycles. The first-order chi connectivity index (χ1) is 3.83. The van der Waals surface area contributed by atoms with Crippen molar-refractivity contribution in [3.8, 4) is 0 Å². The van der Waals surface area contributed by atoms with Crippen LogP contribution in [-0.2, 0) is 0 Å². The van der Waals surface area contributed by atoms with E-state index < -0.39 is 0 Å². The molecule has 0 radical (unpaired) electrons. The molecule has 1 aromatic heterocycles. The molecule has 1 aromatic rings. The Balaban J connectivity index is 2.84. The average molecular weight is 211 g/mol. The van der Waals surface area contributed by atoms with Gasteiger partial charge in [0.1, 0.15) is 0 Å². The highest BCUT2D eigenvalue weighted by Gasteiger charge is 1.93. The fourth-order valence-electron chi connectivity index (χ4n) is 0.347. The van der Waals surface area contributed by atoms with E-state index in [0.29, 0.717) is 0 Å². The molecule has 0 amide bonds. The van der Waals surface area contributed by atoms with Crippen molar-refractivity contribution < 1.29 is 4.55 Å². The first-order valence-corrected chi connectivity index (χ1v) is 4.28. The zero-order valence-corrected chi connectivity index (χ0v) is 7.02. The molecule has 0 fully saturated rings. The molecule has 0 saturated carbocycles. The number of hydrogen-bond acceptors (Lipinski definition) is 3. The van der Waals surface area contributed by atoms with Crippen molar-refractivity contribution in [1.82, 2.24) is 0 Å². The van der Waals surface area contributed by atoms with Crippen LogP contribution < -0.4 is 0 Å². The van der Waals surface area contributed by atoms with Crippen LogP contribution in [0.15, 0.2) is 20.1 Å². The van der Waals surface area contributed by atoms with Crippen LogP contribution in [0.25, 0.3) is 0 Å². The Bertz CT molecular complexity index is 174. The quantitative estimate of drug-likeness (QED) is 0.720. The maximum Gasteiger partial charge on any atom is 0.0885 e. The van der Waals surface area contributed by atoms with Crippen LogP contribution in [0.5, 0.6) is 0 Å². The summed E-state index contributed by atoms with van der Waals surface area (Å²) >= 11 is 5.56. The van der Waals surface area contributed by atoms with Crippen molar-refractivity contribution in [2.24, 2.45) is 0 Å². The van der Waals surface area contributed by atoms with E-state index in [1.165, 1.54) is 11.3 Å². The summed E-state index contributed by atoms with van der Waals surface area (Å²) in [6.07, 6.45) is 0. The summed E-state index contributed by atoms with van der Waals surface area (Å²) in [5.41, 5.74) is 0. The highest BCUT2D eigenvalue weighted by Crippen LogP contribution is 2.28. The van der Waals surface area contributed by atoms with Gasteiger partial charge < -0.3 is 4.55 Å². The third-order valence-electron chi connectivity index (χ3n) is 0.639. The highest BCUT2D eigenvalue weighted by atomic mass is 79.9. The second kappa shape index (κ2) is 2.87. The van der Waals surface area contributed by atoms with E-state index in [1.54, 1.807) is 0 Å². The van der Waals surface area contributed by atoms with Gasteiger partial charge in [0.15, 0.2) is 0 Å². The van der Waals surface area contributed by atoms with Crippen molar-refractivity contribution >= 4 is 39.3 Å². The van der Waals surface area contributed by atoms with Gasteiger partial charge in [0.25, 0.3) is 0 Å². The van der Waals surface area contributed by atoms with Crippen molar-refractivity contribution in [3.05, 3.63) is 15.9 Å². The third kappa shape index (κ3) is 1.48. The minimum atomic E-state index is 0.778. The third-order valence-corrected chi connectivity index (χ3v) is 2.85. The maximum atomic E-state index is 8.46. The van der Waals surface area contributed by atoms with Crippen LogP contribution in [0.1, 0.15) is 0 Å². The second-order valence-electron chi connectivity index (χ2n) is 1.15. The van der Waals surface area contributed by atoms with E-state index in [0.717, 1.165) is 20.0 Å². The topological polar surface area (TPSA) is 20.2 Å². The van der Waals surface area contributed by atoms with E-state index in [4.69, 9.17) is 4.55 Å². The van der Waals surface area contributed by atoms with E-state index in [-0.39, 0.29) is 0 Å². The van der Waals surface area contributed by atoms with Crippen molar-refractivity contribution in [1.29, 1.82) is 0 Å². The predicted molar refractivity (Wildman–Crippen MR) is 40.5 cm³/mol. The lowest BCUT2D eigenvalue weighted by atomic mass is 10.7. The van der Waals surface area contributed by atoms with Gasteiger partial charge in [0.2, 0.25) is 0 Å². The molecule has 0 aliphatic carbocycles. The van der Waals surface area contributed by atoms with Crippen LogP contribution in [0.4, 0.5) is 0 Å². The largest absolute Gasteiger partial charge is 0.325 e. The van der Waals surface area contributed by atoms with Crippen LogP contribution in [0, 0.1) is 0 Å². The van der Waals surface area contributed by atoms with E-state index in [1.807, 2.05) is 12.1 Å². The molecular formula is C4H3BrOS2. The predicted octanol–water partition coefficient (Wildman–Crippen LogP) is 3.08. The zero-order chi connectivity index (χ0) is 5.98. The summed E-state index contributed by atoms with van der Waals surface area (Å²) in [5.74, 6) is 0. The summed E-state index contributed by atoms with van der Waals surface area (Å²) in [5, 5.41) is 0. The Morgan fingerprint density at radius 1 is 1.62 bits per heavy atom. The van der Waals surface area contributed by atoms with Crippen molar-refractivity contribution in [2.75, 3.05) is 0 Å². The minimum Gasteiger partial charge on any atom is -0.325 e. The Labute approximate surface area is 64.1 Å². The SMILES string of the molecule is OSc1ccc(Br)s1. The van der Waals surface area contributed by atoms with Gasteiger partial charge in [-0.3, -0.25) is 0 Å². The Morgan fingerprint density at radius 2 is 2.38 bits per heavy atom. The molecule has 0 unspecified atom stereocenters. The molecule has 44 valence electrons. The van der Waals surface area contributed by atoms with Gasteiger partial charge in [-0.25, -0.2) is 0 Å². The fraction of sp³-hybridized carbons (Fsp3) is 0. The van der Waals surface area contributed by atoms with Crippen LogP contribution >= 0.6 is 39.3 Å². The average Bonchev–Trinajstić information content (AvgIpc) is 2.14. The fourth-order valence-corrected chi connectivity index (χ4v) is 2.34. The molecule has 0 bridgehead atoms. The monoisotopic (exact) mass is 210 g/mol. The molecule has 0 aromatic carbocycles. The Morgan fingerprint density at radius 3 is 2.62 bits per heavy atom. The molecule has 0 aliphatic rings. The van der Waals surface area contributed by atoms with E-state index >= 15 is 0 Å². The maximum absolute atomic E-state index is 8.46. The van der Waals surface area contributed by atoms with Gasteiger partial charge in [0.05, 0.1) is 8.00 Å². The number of rotatable bonds is 1. The molecular weight excluding hydrogens is 208 g/mol. The molecule has 0 aliphatic heterocycles. The van der Waals surface area contributed by atoms with Crippen molar-refractivity contribution in [3.63, 3.8) is 0 Å². The van der Waals surface area contributed by atoms with Crippen LogP contribution in [0.2, 0.25) is 0 Å². The molecule has 0 atom stereocenters. The van der Waals surface area contributed by atoms with Gasteiger partial charge >= 0.3 is 0 Å². The number of thiophene rings is 1. The smallest absolute Gasteiger partial charge is 0.0885 e. The summed E-state index contributed by atoms with van der Waals surface area (Å²) in [6, 6.07) is 3.77. The lowest BCUT2D eigenvalue weighted by molar-refractivity contribution is 0.665. The minimum absolute atomic E-state index is 0.778. The van der Waals surface area contributed by atoms with Gasteiger partial charge in [0, 0.05) is 12.0 Å². The Hall–Kier alpha value is 0.490. The van der Waals surface area contributed by atoms with Crippen LogP contribution in [0.3, 0.4) is 0 Å². The second-order valence-corrected chi connectivity index (χ2v) is 4.49. The van der Waals surface area contributed by atoms with Gasteiger partial charge in [-0.05, 0) is 28.1 Å². The molecule has 4 heteroatoms. The first-order valence-electron chi connectivity index (χ1n) is 1.89. The highest BCUT2D eigenvalue weighted by molar-refractivity contribution is 9.11. The molecule has 1 heterocycles. The molecule has 0 spiro atoms. The lowest BCUT2D eigenvalue weighted by Crippen LogP contribution is -1.47. The van der Waals surface area contributed by atoms with E-state index in [2.05, 4.69) is 15.9 Å². The molecule has 1 N–H and O–H groups in total. The number of halogens is 1. The molecule has 1 nitrogen and oxygen atoms in total. The lowest BCUT2D eigenvalue weighted by Gasteiger charge is -1.77. The summed E-state index contributed by atoms with van der Waals surface area (Å²) < 4.78 is 10.4. The van der Waals surface area contributed by atoms with Gasteiger partial charge in [-0.2, -0.15) is 0 Å². The summed E-state index contributed by atoms with van der Waals surface area (Å²) in [7, 11) is 0. The zero-order valence-electron chi connectivity index (χ0n) is 3.80. The Kier molecular flexibility index (Phi) is 2.37. The van der Waals surface area contributed by atoms with Gasteiger partial charge in [-0.15, -0.1) is 11.3 Å². The van der Waals surface area contributed by atoms with E-state index in [9.17, 15) is 0 Å². The summed E-state index contributed by atoms with van der Waals surface area (Å²) in [6.45, 7) is 0. The molecule has 8 heavy (non-hydrogen) atoms. The van der Waals surface area contributed by atoms with Gasteiger partial charge in [-0.1, -0.05) is 0 Å². The summed E-state index contributed by atoms with van der Waals surface area (Å²) in [4.78, 5) is 0.